The molecule has 0 radical (unpaired) electrons. The molecule has 1 nitrogen and oxygen atoms in total. The summed E-state index contributed by atoms with van der Waals surface area (Å²) in [7, 11) is 0. The number of rotatable bonds is 0. The van der Waals surface area contributed by atoms with Crippen LogP contribution >= 0.6 is 24.8 Å². The minimum atomic E-state index is 0. The summed E-state index contributed by atoms with van der Waals surface area (Å²) in [4.78, 5) is 0. The van der Waals surface area contributed by atoms with E-state index in [4.69, 9.17) is 3.40 Å². The van der Waals surface area contributed by atoms with Crippen LogP contribution < -0.4 is 0 Å². The third-order valence-corrected chi connectivity index (χ3v) is 0. The van der Waals surface area contributed by atoms with Crippen molar-refractivity contribution in [2.24, 2.45) is 0 Å². The first kappa shape index (κ1) is 19.6. The van der Waals surface area contributed by atoms with Gasteiger partial charge in [-0.3, -0.25) is 0 Å². The van der Waals surface area contributed by atoms with Gasteiger partial charge in [0, 0.05) is 0 Å². The van der Waals surface area contributed by atoms with Gasteiger partial charge in [-0.25, -0.2) is 0 Å². The van der Waals surface area contributed by atoms with Crippen molar-refractivity contribution in [2.75, 3.05) is 0 Å². The second-order valence-electron chi connectivity index (χ2n) is 0. The molecule has 0 aromatic rings. The average molecular weight is 273 g/mol. The molecule has 0 fully saturated rings. The zero-order valence-electron chi connectivity index (χ0n) is 1.63. The van der Waals surface area contributed by atoms with E-state index < -0.39 is 0 Å². The summed E-state index contributed by atoms with van der Waals surface area (Å²) in [6, 6.07) is 0. The van der Waals surface area contributed by atoms with E-state index in [1.54, 1.807) is 0 Å². The molecule has 0 atom stereocenters. The van der Waals surface area contributed by atoms with Gasteiger partial charge in [0.15, 0.2) is 0 Å². The van der Waals surface area contributed by atoms with Crippen LogP contribution in [0.4, 0.5) is 0 Å². The van der Waals surface area contributed by atoms with Crippen molar-refractivity contribution in [1.82, 2.24) is 0 Å². The Labute approximate surface area is 48.2 Å². The van der Waals surface area contributed by atoms with Crippen molar-refractivity contribution in [3.8, 4) is 0 Å². The van der Waals surface area contributed by atoms with Gasteiger partial charge in [0.25, 0.3) is 0 Å². The van der Waals surface area contributed by atoms with Gasteiger partial charge in [-0.05, 0) is 0 Å². The molecule has 0 aliphatic rings. The molecule has 0 heterocycles. The quantitative estimate of drug-likeness (QED) is 0.635. The molecule has 0 rings (SSSR count). The summed E-state index contributed by atoms with van der Waals surface area (Å²) in [5.41, 5.74) is 0. The summed E-state index contributed by atoms with van der Waals surface area (Å²) in [6.07, 6.45) is 0. The Morgan fingerprint density at radius 2 is 1.00 bits per heavy atom. The molecule has 0 saturated heterocycles. The predicted octanol–water partition coefficient (Wildman–Crippen LogP) is 0.722. The Kier molecular flexibility index (Phi) is 165. The first-order chi connectivity index (χ1) is 1.00. The number of halogens is 2. The molecule has 0 bridgehead atoms. The molecule has 0 amide bonds. The SMILES string of the molecule is Cl.Cl.[O]=[W]. The van der Waals surface area contributed by atoms with Crippen LogP contribution in [0.15, 0.2) is 0 Å². The van der Waals surface area contributed by atoms with E-state index in [-0.39, 0.29) is 24.8 Å². The summed E-state index contributed by atoms with van der Waals surface area (Å²) >= 11 is 0.333. The first-order valence-corrected chi connectivity index (χ1v) is 1.36. The van der Waals surface area contributed by atoms with Crippen LogP contribution in [-0.2, 0) is 23.2 Å². The Bertz CT molecular complexity index is 6.00. The van der Waals surface area contributed by atoms with Gasteiger partial charge < -0.3 is 0 Å². The Balaban J connectivity index is -0.00000000500. The van der Waals surface area contributed by atoms with Crippen molar-refractivity contribution in [3.05, 3.63) is 0 Å². The van der Waals surface area contributed by atoms with E-state index in [1.807, 2.05) is 0 Å². The van der Waals surface area contributed by atoms with Crippen molar-refractivity contribution in [3.63, 3.8) is 0 Å². The van der Waals surface area contributed by atoms with E-state index >= 15 is 0 Å². The summed E-state index contributed by atoms with van der Waals surface area (Å²) in [5.74, 6) is 0. The Hall–Kier alpha value is 1.07. The molecule has 0 N–H and O–H groups in total. The van der Waals surface area contributed by atoms with Crippen LogP contribution in [0.25, 0.3) is 0 Å². The van der Waals surface area contributed by atoms with E-state index in [1.165, 1.54) is 0 Å². The molecule has 4 heteroatoms. The van der Waals surface area contributed by atoms with E-state index in [0.29, 0.717) is 19.8 Å². The molecular formula is H2Cl2OW. The average Bonchev–Trinajstić information content (AvgIpc) is 1.00. The van der Waals surface area contributed by atoms with Gasteiger partial charge in [-0.1, -0.05) is 0 Å². The standard InChI is InChI=1S/2ClH.O.W/h2*1H;;. The Morgan fingerprint density at radius 1 is 1.00 bits per heavy atom. The van der Waals surface area contributed by atoms with Gasteiger partial charge in [-0.15, -0.1) is 24.8 Å². The van der Waals surface area contributed by atoms with Crippen LogP contribution in [0.2, 0.25) is 0 Å². The summed E-state index contributed by atoms with van der Waals surface area (Å²) < 4.78 is 8.33. The topological polar surface area (TPSA) is 17.1 Å². The first-order valence-electron chi connectivity index (χ1n) is 0.167. The zero-order valence-corrected chi connectivity index (χ0v) is 6.20. The maximum atomic E-state index is 8.33. The van der Waals surface area contributed by atoms with E-state index in [0.717, 1.165) is 0 Å². The normalized spacial score (nSPS) is 1.00. The van der Waals surface area contributed by atoms with Gasteiger partial charge in [0.05, 0.1) is 0 Å². The molecule has 28 valence electrons. The monoisotopic (exact) mass is 272 g/mol. The molecule has 0 aliphatic carbocycles. The van der Waals surface area contributed by atoms with E-state index in [2.05, 4.69) is 0 Å². The van der Waals surface area contributed by atoms with Crippen LogP contribution in [0.3, 0.4) is 0 Å². The van der Waals surface area contributed by atoms with Crippen molar-refractivity contribution < 1.29 is 23.2 Å². The molecule has 0 spiro atoms. The van der Waals surface area contributed by atoms with Crippen LogP contribution in [0.5, 0.6) is 0 Å². The molecule has 0 aromatic carbocycles. The maximum absolute atomic E-state index is 8.33. The zero-order chi connectivity index (χ0) is 2.00. The molecule has 0 aliphatic heterocycles. The predicted molar refractivity (Wildman–Crippen MR) is 15.2 cm³/mol. The fourth-order valence-corrected chi connectivity index (χ4v) is 0. The van der Waals surface area contributed by atoms with Crippen LogP contribution in [0.1, 0.15) is 0 Å². The third kappa shape index (κ3) is 11.5. The van der Waals surface area contributed by atoms with Crippen LogP contribution in [-0.4, -0.2) is 0 Å². The summed E-state index contributed by atoms with van der Waals surface area (Å²) in [6.45, 7) is 0. The molecule has 0 saturated carbocycles. The fourth-order valence-electron chi connectivity index (χ4n) is 0. The third-order valence-electron chi connectivity index (χ3n) is 0. The van der Waals surface area contributed by atoms with Crippen molar-refractivity contribution in [1.29, 1.82) is 0 Å². The second-order valence-corrected chi connectivity index (χ2v) is 0. The van der Waals surface area contributed by atoms with Crippen molar-refractivity contribution >= 4 is 24.8 Å². The van der Waals surface area contributed by atoms with Gasteiger partial charge >= 0.3 is 23.2 Å². The molecule has 4 heavy (non-hydrogen) atoms. The van der Waals surface area contributed by atoms with Gasteiger partial charge in [-0.2, -0.15) is 0 Å². The van der Waals surface area contributed by atoms with Gasteiger partial charge in [0.2, 0.25) is 0 Å². The molecule has 0 unspecified atom stereocenters. The van der Waals surface area contributed by atoms with E-state index in [9.17, 15) is 0 Å². The number of hydrogen-bond donors (Lipinski definition) is 0. The van der Waals surface area contributed by atoms with Crippen LogP contribution in [0, 0.1) is 0 Å². The number of hydrogen-bond acceptors (Lipinski definition) is 1. The summed E-state index contributed by atoms with van der Waals surface area (Å²) in [5, 5.41) is 0. The second kappa shape index (κ2) is 33.6. The Morgan fingerprint density at radius 3 is 1.00 bits per heavy atom. The molecule has 0 aromatic heterocycles. The minimum absolute atomic E-state index is 0. The fraction of sp³-hybridized carbons (Fsp3) is 0. The molecular weight excluding hydrogens is 271 g/mol. The van der Waals surface area contributed by atoms with Crippen molar-refractivity contribution in [2.45, 2.75) is 0 Å². The van der Waals surface area contributed by atoms with Gasteiger partial charge in [0.1, 0.15) is 0 Å².